The molecule has 178 valence electrons. The third-order valence-corrected chi connectivity index (χ3v) is 5.03. The molecule has 0 fully saturated rings. The summed E-state index contributed by atoms with van der Waals surface area (Å²) in [5.74, 6) is 0.0197. The molecule has 0 radical (unpaired) electrons. The van der Waals surface area contributed by atoms with Crippen LogP contribution in [0.4, 0.5) is 5.69 Å². The van der Waals surface area contributed by atoms with Crippen LogP contribution in [0.5, 0.6) is 11.5 Å². The molecule has 0 aliphatic heterocycles. The van der Waals surface area contributed by atoms with E-state index in [-0.39, 0.29) is 12.2 Å². The van der Waals surface area contributed by atoms with Crippen molar-refractivity contribution in [3.8, 4) is 17.6 Å². The number of methoxy groups -OCH3 is 1. The standard InChI is InChI=1S/C28H26N2O5/c1-4-34-28(32)22-10-12-24(13-11-22)30-27(31)23(17-29)15-21-9-14-25(26(16-21)33-3)35-18-20-7-5-19(2)6-8-20/h5-16H,4,18H2,1-3H3,(H,30,31)/b23-15+. The number of ether oxygens (including phenoxy) is 3. The van der Waals surface area contributed by atoms with E-state index >= 15 is 0 Å². The summed E-state index contributed by atoms with van der Waals surface area (Å²) < 4.78 is 16.3. The van der Waals surface area contributed by atoms with Gasteiger partial charge in [0.05, 0.1) is 19.3 Å². The van der Waals surface area contributed by atoms with Crippen LogP contribution in [0.1, 0.15) is 34.0 Å². The minimum Gasteiger partial charge on any atom is -0.493 e. The van der Waals surface area contributed by atoms with Crippen LogP contribution < -0.4 is 14.8 Å². The molecular formula is C28H26N2O5. The van der Waals surface area contributed by atoms with Crippen molar-refractivity contribution in [2.75, 3.05) is 19.0 Å². The van der Waals surface area contributed by atoms with Gasteiger partial charge in [0, 0.05) is 5.69 Å². The molecule has 0 heterocycles. The van der Waals surface area contributed by atoms with Crippen molar-refractivity contribution >= 4 is 23.6 Å². The first-order valence-electron chi connectivity index (χ1n) is 11.0. The number of carbonyl (C=O) groups excluding carboxylic acids is 2. The number of hydrogen-bond donors (Lipinski definition) is 1. The molecule has 0 aromatic heterocycles. The number of anilines is 1. The molecule has 3 rings (SSSR count). The van der Waals surface area contributed by atoms with Crippen molar-refractivity contribution in [3.05, 3.63) is 94.6 Å². The number of benzene rings is 3. The Balaban J connectivity index is 1.70. The van der Waals surface area contributed by atoms with Crippen molar-refractivity contribution in [2.24, 2.45) is 0 Å². The highest BCUT2D eigenvalue weighted by atomic mass is 16.5. The summed E-state index contributed by atoms with van der Waals surface area (Å²) in [4.78, 5) is 24.4. The molecule has 1 N–H and O–H groups in total. The van der Waals surface area contributed by atoms with Crippen LogP contribution in [0.3, 0.4) is 0 Å². The monoisotopic (exact) mass is 470 g/mol. The van der Waals surface area contributed by atoms with Gasteiger partial charge in [-0.2, -0.15) is 5.26 Å². The summed E-state index contributed by atoms with van der Waals surface area (Å²) in [7, 11) is 1.53. The highest BCUT2D eigenvalue weighted by Gasteiger charge is 2.12. The maximum atomic E-state index is 12.6. The molecule has 0 spiro atoms. The minimum atomic E-state index is -0.574. The fourth-order valence-electron chi connectivity index (χ4n) is 3.16. The van der Waals surface area contributed by atoms with E-state index in [4.69, 9.17) is 14.2 Å². The van der Waals surface area contributed by atoms with Gasteiger partial charge in [0.2, 0.25) is 0 Å². The second-order valence-electron chi connectivity index (χ2n) is 7.61. The van der Waals surface area contributed by atoms with Crippen molar-refractivity contribution in [1.82, 2.24) is 0 Å². The Hall–Kier alpha value is -4.57. The van der Waals surface area contributed by atoms with Crippen LogP contribution in [0, 0.1) is 18.3 Å². The van der Waals surface area contributed by atoms with E-state index in [1.165, 1.54) is 18.7 Å². The smallest absolute Gasteiger partial charge is 0.338 e. The van der Waals surface area contributed by atoms with Crippen LogP contribution in [0.25, 0.3) is 6.08 Å². The number of nitriles is 1. The molecule has 7 nitrogen and oxygen atoms in total. The Morgan fingerprint density at radius 1 is 1.00 bits per heavy atom. The van der Waals surface area contributed by atoms with Gasteiger partial charge in [0.15, 0.2) is 11.5 Å². The second kappa shape index (κ2) is 12.1. The molecule has 0 saturated heterocycles. The average Bonchev–Trinajstić information content (AvgIpc) is 2.87. The molecule has 7 heteroatoms. The maximum absolute atomic E-state index is 12.6. The molecule has 0 saturated carbocycles. The molecule has 35 heavy (non-hydrogen) atoms. The largest absolute Gasteiger partial charge is 0.493 e. The zero-order valence-electron chi connectivity index (χ0n) is 19.8. The predicted molar refractivity (Wildman–Crippen MR) is 133 cm³/mol. The number of nitrogens with one attached hydrogen (secondary N) is 1. The highest BCUT2D eigenvalue weighted by Crippen LogP contribution is 2.30. The van der Waals surface area contributed by atoms with E-state index in [9.17, 15) is 14.9 Å². The van der Waals surface area contributed by atoms with Gasteiger partial charge in [-0.25, -0.2) is 4.79 Å². The second-order valence-corrected chi connectivity index (χ2v) is 7.61. The molecule has 3 aromatic rings. The maximum Gasteiger partial charge on any atom is 0.338 e. The number of hydrogen-bond acceptors (Lipinski definition) is 6. The number of carbonyl (C=O) groups is 2. The van der Waals surface area contributed by atoms with Gasteiger partial charge >= 0.3 is 5.97 Å². The Labute approximate surface area is 204 Å². The lowest BCUT2D eigenvalue weighted by molar-refractivity contribution is -0.112. The molecular weight excluding hydrogens is 444 g/mol. The van der Waals surface area contributed by atoms with Crippen molar-refractivity contribution in [1.29, 1.82) is 5.26 Å². The van der Waals surface area contributed by atoms with E-state index < -0.39 is 11.9 Å². The van der Waals surface area contributed by atoms with Gasteiger partial charge in [-0.05, 0) is 67.4 Å². The average molecular weight is 471 g/mol. The third-order valence-electron chi connectivity index (χ3n) is 5.03. The Morgan fingerprint density at radius 3 is 2.34 bits per heavy atom. The summed E-state index contributed by atoms with van der Waals surface area (Å²) in [5, 5.41) is 12.2. The number of amides is 1. The number of aryl methyl sites for hydroxylation is 1. The molecule has 0 aliphatic carbocycles. The molecule has 0 unspecified atom stereocenters. The van der Waals surface area contributed by atoms with Gasteiger partial charge in [0.25, 0.3) is 5.91 Å². The zero-order valence-corrected chi connectivity index (χ0v) is 19.8. The predicted octanol–water partition coefficient (Wildman–Crippen LogP) is 5.31. The van der Waals surface area contributed by atoms with Crippen molar-refractivity contribution in [2.45, 2.75) is 20.5 Å². The zero-order chi connectivity index (χ0) is 25.2. The third kappa shape index (κ3) is 6.95. The number of rotatable bonds is 9. The lowest BCUT2D eigenvalue weighted by atomic mass is 10.1. The molecule has 1 amide bonds. The molecule has 0 atom stereocenters. The van der Waals surface area contributed by atoms with Gasteiger partial charge in [-0.1, -0.05) is 35.9 Å². The van der Waals surface area contributed by atoms with Gasteiger partial charge < -0.3 is 19.5 Å². The summed E-state index contributed by atoms with van der Waals surface area (Å²) >= 11 is 0. The summed E-state index contributed by atoms with van der Waals surface area (Å²) in [6.45, 7) is 4.41. The van der Waals surface area contributed by atoms with E-state index in [2.05, 4.69) is 5.32 Å². The van der Waals surface area contributed by atoms with Crippen molar-refractivity contribution < 1.29 is 23.8 Å². The first-order chi connectivity index (χ1) is 16.9. The lowest BCUT2D eigenvalue weighted by Crippen LogP contribution is -2.13. The normalized spacial score (nSPS) is 10.7. The van der Waals surface area contributed by atoms with Crippen LogP contribution in [0.2, 0.25) is 0 Å². The van der Waals surface area contributed by atoms with Gasteiger partial charge in [-0.3, -0.25) is 4.79 Å². The van der Waals surface area contributed by atoms with E-state index in [1.54, 1.807) is 49.4 Å². The van der Waals surface area contributed by atoms with Gasteiger partial charge in [0.1, 0.15) is 18.2 Å². The number of nitrogens with zero attached hydrogens (tertiary/aromatic N) is 1. The first-order valence-corrected chi connectivity index (χ1v) is 11.0. The number of esters is 1. The first kappa shape index (κ1) is 25.1. The van der Waals surface area contributed by atoms with E-state index in [0.717, 1.165) is 5.56 Å². The van der Waals surface area contributed by atoms with E-state index in [1.807, 2.05) is 37.3 Å². The minimum absolute atomic E-state index is 0.0881. The van der Waals surface area contributed by atoms with Crippen molar-refractivity contribution in [3.63, 3.8) is 0 Å². The molecule has 0 aliphatic rings. The van der Waals surface area contributed by atoms with Crippen LogP contribution in [-0.4, -0.2) is 25.6 Å². The van der Waals surface area contributed by atoms with E-state index in [0.29, 0.717) is 34.9 Å². The highest BCUT2D eigenvalue weighted by molar-refractivity contribution is 6.09. The summed E-state index contributed by atoms with van der Waals surface area (Å²) in [6, 6.07) is 21.4. The fourth-order valence-corrected chi connectivity index (χ4v) is 3.16. The van der Waals surface area contributed by atoms with Crippen LogP contribution in [0.15, 0.2) is 72.3 Å². The van der Waals surface area contributed by atoms with Crippen LogP contribution in [-0.2, 0) is 16.1 Å². The summed E-state index contributed by atoms with van der Waals surface area (Å²) in [5.41, 5.74) is 3.54. The quantitative estimate of drug-likeness (QED) is 0.259. The Morgan fingerprint density at radius 2 is 1.71 bits per heavy atom. The SMILES string of the molecule is CCOC(=O)c1ccc(NC(=O)/C(C#N)=C/c2ccc(OCc3ccc(C)cc3)c(OC)c2)cc1. The molecule has 0 bridgehead atoms. The van der Waals surface area contributed by atoms with Gasteiger partial charge in [-0.15, -0.1) is 0 Å². The Bertz CT molecular complexity index is 1260. The molecule has 3 aromatic carbocycles. The topological polar surface area (TPSA) is 97.7 Å². The summed E-state index contributed by atoms with van der Waals surface area (Å²) in [6.07, 6.45) is 1.47. The fraction of sp³-hybridized carbons (Fsp3) is 0.179. The van der Waals surface area contributed by atoms with Crippen LogP contribution >= 0.6 is 0 Å². The lowest BCUT2D eigenvalue weighted by Gasteiger charge is -2.12. The Kier molecular flexibility index (Phi) is 8.63.